The highest BCUT2D eigenvalue weighted by Gasteiger charge is 2.53. The number of likely N-dealkylation sites (tertiary alicyclic amines) is 1. The summed E-state index contributed by atoms with van der Waals surface area (Å²) in [5, 5.41) is 5.43. The molecule has 202 valence electrons. The lowest BCUT2D eigenvalue weighted by atomic mass is 9.82. The summed E-state index contributed by atoms with van der Waals surface area (Å²) in [5.41, 5.74) is 0.916. The summed E-state index contributed by atoms with van der Waals surface area (Å²) in [6, 6.07) is 10.2. The number of carbonyl (C=O) groups excluding carboxylic acids is 4. The molecule has 1 atom stereocenters. The average molecular weight is 532 g/mol. The molecule has 0 bridgehead atoms. The van der Waals surface area contributed by atoms with E-state index in [9.17, 15) is 19.2 Å². The average Bonchev–Trinajstić information content (AvgIpc) is 3.58. The highest BCUT2D eigenvalue weighted by molar-refractivity contribution is 6.10. The molecule has 3 aliphatic heterocycles. The third-order valence-electron chi connectivity index (χ3n) is 7.94. The Kier molecular flexibility index (Phi) is 6.10. The number of benzene rings is 1. The summed E-state index contributed by atoms with van der Waals surface area (Å²) in [6.45, 7) is 2.08. The highest BCUT2D eigenvalue weighted by Crippen LogP contribution is 2.39. The molecule has 2 N–H and O–H groups in total. The maximum Gasteiger partial charge on any atom is 0.270 e. The summed E-state index contributed by atoms with van der Waals surface area (Å²) < 4.78 is 11.3. The normalized spacial score (nSPS) is 21.9. The number of piperidine rings is 1. The molecular weight excluding hydrogens is 502 g/mol. The SMILES string of the molecule is COc1ccc2c(c1)C(=O)N(C[C@@]1(c3cc4nc(C(=O)NC5CCN(C)CC5)ccc4o3)CC(=O)NC1=O)C2. The van der Waals surface area contributed by atoms with Crippen LogP contribution in [0.1, 0.15) is 51.4 Å². The van der Waals surface area contributed by atoms with Crippen LogP contribution in [0, 0.1) is 0 Å². The monoisotopic (exact) mass is 531 g/mol. The minimum atomic E-state index is -1.42. The number of nitrogens with zero attached hydrogens (tertiary/aromatic N) is 3. The second kappa shape index (κ2) is 9.49. The van der Waals surface area contributed by atoms with Crippen molar-refractivity contribution >= 4 is 34.7 Å². The van der Waals surface area contributed by atoms with Gasteiger partial charge in [-0.25, -0.2) is 4.98 Å². The van der Waals surface area contributed by atoms with Gasteiger partial charge < -0.3 is 24.3 Å². The van der Waals surface area contributed by atoms with E-state index >= 15 is 0 Å². The fraction of sp³-hybridized carbons (Fsp3) is 0.393. The number of imide groups is 1. The van der Waals surface area contributed by atoms with E-state index in [2.05, 4.69) is 27.6 Å². The number of fused-ring (bicyclic) bond motifs is 2. The van der Waals surface area contributed by atoms with Gasteiger partial charge in [0.2, 0.25) is 11.8 Å². The van der Waals surface area contributed by atoms with E-state index in [0.717, 1.165) is 31.5 Å². The predicted molar refractivity (Wildman–Crippen MR) is 139 cm³/mol. The standard InChI is InChI=1S/C28H29N5O6/c1-32-9-7-17(8-10-32)29-25(35)20-5-6-22-21(30-20)12-23(39-22)28(13-24(34)31-27(28)37)15-33-14-16-3-4-18(38-2)11-19(16)26(33)36/h3-6,11-12,17H,7-10,13-15H2,1-2H3,(H,29,35)(H,31,34,37)/t28-/m1/s1. The fourth-order valence-corrected chi connectivity index (χ4v) is 5.67. The highest BCUT2D eigenvalue weighted by atomic mass is 16.5. The number of amides is 4. The molecule has 11 nitrogen and oxygen atoms in total. The number of aromatic nitrogens is 1. The number of methoxy groups -OCH3 is 1. The first-order chi connectivity index (χ1) is 18.8. The second-order valence-corrected chi connectivity index (χ2v) is 10.6. The number of carbonyl (C=O) groups is 4. The predicted octanol–water partition coefficient (Wildman–Crippen LogP) is 1.60. The summed E-state index contributed by atoms with van der Waals surface area (Å²) in [6.07, 6.45) is 1.58. The molecule has 0 unspecified atom stereocenters. The van der Waals surface area contributed by atoms with Crippen molar-refractivity contribution in [1.82, 2.24) is 25.4 Å². The molecule has 3 aromatic rings. The zero-order valence-corrected chi connectivity index (χ0v) is 21.8. The van der Waals surface area contributed by atoms with E-state index in [4.69, 9.17) is 9.15 Å². The van der Waals surface area contributed by atoms with E-state index < -0.39 is 17.2 Å². The van der Waals surface area contributed by atoms with Gasteiger partial charge >= 0.3 is 0 Å². The van der Waals surface area contributed by atoms with Crippen LogP contribution in [0.5, 0.6) is 5.75 Å². The van der Waals surface area contributed by atoms with Gasteiger partial charge in [-0.15, -0.1) is 0 Å². The molecule has 2 aromatic heterocycles. The van der Waals surface area contributed by atoms with Crippen molar-refractivity contribution in [3.8, 4) is 5.75 Å². The number of ether oxygens (including phenoxy) is 1. The molecule has 1 aromatic carbocycles. The van der Waals surface area contributed by atoms with Crippen LogP contribution in [0.15, 0.2) is 40.8 Å². The van der Waals surface area contributed by atoms with Crippen molar-refractivity contribution in [2.24, 2.45) is 0 Å². The van der Waals surface area contributed by atoms with Crippen molar-refractivity contribution in [2.75, 3.05) is 33.8 Å². The van der Waals surface area contributed by atoms with Crippen LogP contribution in [0.25, 0.3) is 11.1 Å². The van der Waals surface area contributed by atoms with Gasteiger partial charge in [0.25, 0.3) is 11.8 Å². The molecule has 2 fully saturated rings. The molecule has 0 spiro atoms. The first-order valence-corrected chi connectivity index (χ1v) is 13.0. The largest absolute Gasteiger partial charge is 0.497 e. The third-order valence-corrected chi connectivity index (χ3v) is 7.94. The van der Waals surface area contributed by atoms with Crippen molar-refractivity contribution in [3.63, 3.8) is 0 Å². The molecule has 39 heavy (non-hydrogen) atoms. The molecule has 11 heteroatoms. The smallest absolute Gasteiger partial charge is 0.270 e. The van der Waals surface area contributed by atoms with Crippen LogP contribution in [-0.2, 0) is 21.5 Å². The first-order valence-electron chi connectivity index (χ1n) is 13.0. The molecule has 3 aliphatic rings. The molecule has 5 heterocycles. The number of hydrogen-bond donors (Lipinski definition) is 2. The van der Waals surface area contributed by atoms with Gasteiger partial charge in [0.1, 0.15) is 28.1 Å². The molecule has 0 saturated carbocycles. The minimum Gasteiger partial charge on any atom is -0.497 e. The van der Waals surface area contributed by atoms with Gasteiger partial charge in [-0.05, 0) is 62.8 Å². The van der Waals surface area contributed by atoms with Gasteiger partial charge in [-0.3, -0.25) is 24.5 Å². The van der Waals surface area contributed by atoms with Gasteiger partial charge in [0.05, 0.1) is 13.5 Å². The van der Waals surface area contributed by atoms with Crippen LogP contribution >= 0.6 is 0 Å². The number of hydrogen-bond acceptors (Lipinski definition) is 8. The summed E-state index contributed by atoms with van der Waals surface area (Å²) in [5.74, 6) is -0.717. The Bertz CT molecular complexity index is 1510. The zero-order chi connectivity index (χ0) is 27.3. The number of furan rings is 1. The maximum absolute atomic E-state index is 13.3. The van der Waals surface area contributed by atoms with E-state index in [0.29, 0.717) is 29.0 Å². The maximum atomic E-state index is 13.3. The molecule has 2 saturated heterocycles. The van der Waals surface area contributed by atoms with Gasteiger partial charge in [-0.2, -0.15) is 0 Å². The number of nitrogens with one attached hydrogen (secondary N) is 2. The zero-order valence-electron chi connectivity index (χ0n) is 21.8. The Balaban J connectivity index is 1.28. The van der Waals surface area contributed by atoms with Gasteiger partial charge in [0, 0.05) is 30.8 Å². The van der Waals surface area contributed by atoms with Crippen LogP contribution in [0.4, 0.5) is 0 Å². The quantitative estimate of drug-likeness (QED) is 0.458. The van der Waals surface area contributed by atoms with E-state index in [1.807, 2.05) is 6.07 Å². The summed E-state index contributed by atoms with van der Waals surface area (Å²) in [4.78, 5) is 60.1. The first kappa shape index (κ1) is 25.1. The Morgan fingerprint density at radius 1 is 1.18 bits per heavy atom. The Labute approximate surface area is 224 Å². The Hall–Kier alpha value is -4.25. The summed E-state index contributed by atoms with van der Waals surface area (Å²) >= 11 is 0. The lowest BCUT2D eigenvalue weighted by molar-refractivity contribution is -0.127. The molecule has 0 aliphatic carbocycles. The lowest BCUT2D eigenvalue weighted by Crippen LogP contribution is -2.46. The second-order valence-electron chi connectivity index (χ2n) is 10.6. The molecule has 6 rings (SSSR count). The Morgan fingerprint density at radius 2 is 1.97 bits per heavy atom. The van der Waals surface area contributed by atoms with E-state index in [1.165, 1.54) is 7.11 Å². The van der Waals surface area contributed by atoms with Crippen molar-refractivity contribution in [1.29, 1.82) is 0 Å². The van der Waals surface area contributed by atoms with E-state index in [-0.39, 0.29) is 42.3 Å². The molecule has 4 amide bonds. The van der Waals surface area contributed by atoms with Gasteiger partial charge in [0.15, 0.2) is 5.58 Å². The fourth-order valence-electron chi connectivity index (χ4n) is 5.67. The topological polar surface area (TPSA) is 134 Å². The van der Waals surface area contributed by atoms with E-state index in [1.54, 1.807) is 35.2 Å². The van der Waals surface area contributed by atoms with Crippen molar-refractivity contribution in [2.45, 2.75) is 37.3 Å². The molecule has 0 radical (unpaired) electrons. The van der Waals surface area contributed by atoms with Crippen LogP contribution in [0.3, 0.4) is 0 Å². The van der Waals surface area contributed by atoms with Crippen molar-refractivity contribution < 1.29 is 28.3 Å². The van der Waals surface area contributed by atoms with Crippen LogP contribution < -0.4 is 15.4 Å². The minimum absolute atomic E-state index is 0.0519. The van der Waals surface area contributed by atoms with Crippen LogP contribution in [-0.4, -0.2) is 78.2 Å². The van der Waals surface area contributed by atoms with Crippen molar-refractivity contribution in [3.05, 3.63) is 59.0 Å². The van der Waals surface area contributed by atoms with Gasteiger partial charge in [-0.1, -0.05) is 6.07 Å². The van der Waals surface area contributed by atoms with Crippen LogP contribution in [0.2, 0.25) is 0 Å². The molecular formula is C28H29N5O6. The third kappa shape index (κ3) is 4.42. The number of pyridine rings is 1. The Morgan fingerprint density at radius 3 is 2.69 bits per heavy atom. The number of rotatable bonds is 6. The summed E-state index contributed by atoms with van der Waals surface area (Å²) in [7, 11) is 3.59. The lowest BCUT2D eigenvalue weighted by Gasteiger charge is -2.29.